The summed E-state index contributed by atoms with van der Waals surface area (Å²) in [5, 5.41) is 9.55. The maximum atomic E-state index is 6.37. The van der Waals surface area contributed by atoms with Gasteiger partial charge in [0.2, 0.25) is 0 Å². The number of furan rings is 1. The molecule has 0 radical (unpaired) electrons. The zero-order chi connectivity index (χ0) is 42.8. The Bertz CT molecular complexity index is 3810. The lowest BCUT2D eigenvalue weighted by atomic mass is 9.96. The molecule has 0 N–H and O–H groups in total. The van der Waals surface area contributed by atoms with Gasteiger partial charge in [-0.3, -0.25) is 0 Å². The number of rotatable bonds is 7. The predicted octanol–water partition coefficient (Wildman–Crippen LogP) is 17.5. The normalized spacial score (nSPS) is 11.7. The van der Waals surface area contributed by atoms with Crippen LogP contribution in [0.5, 0.6) is 0 Å². The number of hydrogen-bond donors (Lipinski definition) is 0. The maximum Gasteiger partial charge on any atom is 0.135 e. The fourth-order valence-electron chi connectivity index (χ4n) is 9.94. The molecule has 0 aliphatic heterocycles. The molecule has 3 nitrogen and oxygen atoms in total. The molecule has 0 atom stereocenters. The summed E-state index contributed by atoms with van der Waals surface area (Å²) in [5.41, 5.74) is 15.3. The highest BCUT2D eigenvalue weighted by Gasteiger charge is 2.23. The first-order valence-electron chi connectivity index (χ1n) is 22.2. The van der Waals surface area contributed by atoms with Gasteiger partial charge in [0.1, 0.15) is 11.2 Å². The summed E-state index contributed by atoms with van der Waals surface area (Å²) in [6, 6.07) is 88.1. The summed E-state index contributed by atoms with van der Waals surface area (Å²) in [4.78, 5) is 2.44. The van der Waals surface area contributed by atoms with E-state index >= 15 is 0 Å². The molecular formula is C62H40N2O. The predicted molar refractivity (Wildman–Crippen MR) is 274 cm³/mol. The van der Waals surface area contributed by atoms with Crippen LogP contribution in [-0.2, 0) is 0 Å². The number of benzene rings is 11. The van der Waals surface area contributed by atoms with Crippen LogP contribution in [0.15, 0.2) is 247 Å². The maximum absolute atomic E-state index is 6.37. The summed E-state index contributed by atoms with van der Waals surface area (Å²) in [6.07, 6.45) is 0. The second kappa shape index (κ2) is 15.0. The molecule has 0 saturated carbocycles. The summed E-state index contributed by atoms with van der Waals surface area (Å²) < 4.78 is 8.78. The standard InChI is InChI=1S/C62H40N2O/c1-2-16-50(17-3-1)64-58-20-10-8-18-53(58)56-39-55(49-30-35-62-57(38-49)54-19-9-11-21-61(54)65-62)59(40-60(56)64)63(51-31-26-43(27-32-51)47-24-22-41-12-4-6-14-45(41)36-47)52-33-28-44(29-34-52)48-25-23-42-13-5-7-15-46(42)37-48/h1-40H. The van der Waals surface area contributed by atoms with Crippen LogP contribution in [0, 0.1) is 0 Å². The van der Waals surface area contributed by atoms with Crippen molar-refractivity contribution in [1.82, 2.24) is 4.57 Å². The van der Waals surface area contributed by atoms with Gasteiger partial charge in [-0.15, -0.1) is 0 Å². The highest BCUT2D eigenvalue weighted by Crippen LogP contribution is 2.47. The van der Waals surface area contributed by atoms with Crippen molar-refractivity contribution in [2.45, 2.75) is 0 Å². The Labute approximate surface area is 376 Å². The van der Waals surface area contributed by atoms with Crippen LogP contribution in [0.1, 0.15) is 0 Å². The van der Waals surface area contributed by atoms with Crippen LogP contribution in [0.2, 0.25) is 0 Å². The largest absolute Gasteiger partial charge is 0.456 e. The van der Waals surface area contributed by atoms with E-state index in [2.05, 4.69) is 246 Å². The average Bonchev–Trinajstić information content (AvgIpc) is 3.91. The van der Waals surface area contributed by atoms with Gasteiger partial charge in [0.15, 0.2) is 0 Å². The van der Waals surface area contributed by atoms with Crippen LogP contribution in [0.4, 0.5) is 17.1 Å². The van der Waals surface area contributed by atoms with E-state index in [1.807, 2.05) is 6.07 Å². The summed E-state index contributed by atoms with van der Waals surface area (Å²) in [6.45, 7) is 0. The lowest BCUT2D eigenvalue weighted by molar-refractivity contribution is 0.669. The van der Waals surface area contributed by atoms with Crippen LogP contribution >= 0.6 is 0 Å². The topological polar surface area (TPSA) is 21.3 Å². The van der Waals surface area contributed by atoms with Crippen molar-refractivity contribution in [2.75, 3.05) is 4.90 Å². The number of para-hydroxylation sites is 3. The van der Waals surface area contributed by atoms with Crippen molar-refractivity contribution in [2.24, 2.45) is 0 Å². The molecule has 65 heavy (non-hydrogen) atoms. The molecule has 0 saturated heterocycles. The van der Waals surface area contributed by atoms with E-state index in [1.165, 1.54) is 60.1 Å². The summed E-state index contributed by atoms with van der Waals surface area (Å²) >= 11 is 0. The molecule has 304 valence electrons. The van der Waals surface area contributed by atoms with Gasteiger partial charge < -0.3 is 13.9 Å². The smallest absolute Gasteiger partial charge is 0.135 e. The molecule has 0 aliphatic rings. The van der Waals surface area contributed by atoms with Crippen LogP contribution in [0.3, 0.4) is 0 Å². The fourth-order valence-corrected chi connectivity index (χ4v) is 9.94. The molecule has 0 aliphatic carbocycles. The minimum atomic E-state index is 0.878. The Morgan fingerprint density at radius 2 is 0.831 bits per heavy atom. The summed E-state index contributed by atoms with van der Waals surface area (Å²) in [5.74, 6) is 0. The molecule has 0 fully saturated rings. The lowest BCUT2D eigenvalue weighted by Gasteiger charge is -2.29. The molecule has 2 aromatic heterocycles. The third-order valence-corrected chi connectivity index (χ3v) is 13.1. The van der Waals surface area contributed by atoms with Crippen molar-refractivity contribution < 1.29 is 4.42 Å². The van der Waals surface area contributed by atoms with Gasteiger partial charge in [-0.05, 0) is 134 Å². The van der Waals surface area contributed by atoms with Gasteiger partial charge in [-0.2, -0.15) is 0 Å². The monoisotopic (exact) mass is 828 g/mol. The first kappa shape index (κ1) is 36.9. The highest BCUT2D eigenvalue weighted by atomic mass is 16.3. The first-order valence-corrected chi connectivity index (χ1v) is 22.2. The van der Waals surface area contributed by atoms with Crippen molar-refractivity contribution in [3.8, 4) is 39.1 Å². The quantitative estimate of drug-likeness (QED) is 0.160. The highest BCUT2D eigenvalue weighted by molar-refractivity contribution is 6.14. The van der Waals surface area contributed by atoms with Crippen LogP contribution in [-0.4, -0.2) is 4.57 Å². The number of anilines is 3. The van der Waals surface area contributed by atoms with Gasteiger partial charge in [0.25, 0.3) is 0 Å². The van der Waals surface area contributed by atoms with E-state index in [1.54, 1.807) is 0 Å². The minimum Gasteiger partial charge on any atom is -0.456 e. The molecule has 0 unspecified atom stereocenters. The molecular weight excluding hydrogens is 789 g/mol. The average molecular weight is 829 g/mol. The van der Waals surface area contributed by atoms with E-state index in [-0.39, 0.29) is 0 Å². The van der Waals surface area contributed by atoms with Gasteiger partial charge in [0.05, 0.1) is 16.7 Å². The Morgan fingerprint density at radius 3 is 1.49 bits per heavy atom. The molecule has 11 aromatic carbocycles. The van der Waals surface area contributed by atoms with Gasteiger partial charge >= 0.3 is 0 Å². The Balaban J connectivity index is 1.06. The van der Waals surface area contributed by atoms with Crippen molar-refractivity contribution in [1.29, 1.82) is 0 Å². The fraction of sp³-hybridized carbons (Fsp3) is 0. The molecule has 13 rings (SSSR count). The van der Waals surface area contributed by atoms with Crippen molar-refractivity contribution in [3.05, 3.63) is 243 Å². The van der Waals surface area contributed by atoms with Gasteiger partial charge in [-0.25, -0.2) is 0 Å². The molecule has 0 amide bonds. The number of nitrogens with zero attached hydrogens (tertiary/aromatic N) is 2. The third-order valence-electron chi connectivity index (χ3n) is 13.1. The van der Waals surface area contributed by atoms with E-state index in [4.69, 9.17) is 4.42 Å². The Hall–Kier alpha value is -8.66. The van der Waals surface area contributed by atoms with E-state index in [0.29, 0.717) is 0 Å². The van der Waals surface area contributed by atoms with Crippen molar-refractivity contribution in [3.63, 3.8) is 0 Å². The Kier molecular flexibility index (Phi) is 8.53. The van der Waals surface area contributed by atoms with Crippen LogP contribution < -0.4 is 4.90 Å². The molecule has 3 heteroatoms. The molecule has 0 bridgehead atoms. The second-order valence-electron chi connectivity index (χ2n) is 16.9. The summed E-state index contributed by atoms with van der Waals surface area (Å²) in [7, 11) is 0. The molecule has 0 spiro atoms. The molecule has 2 heterocycles. The SMILES string of the molecule is c1ccc(-n2c3ccccc3c3cc(-c4ccc5oc6ccccc6c5c4)c(N(c4ccc(-c5ccc6ccccc6c5)cc4)c4ccc(-c5ccc6ccccc6c5)cc4)cc32)cc1. The number of hydrogen-bond acceptors (Lipinski definition) is 2. The Morgan fingerprint density at radius 1 is 0.308 bits per heavy atom. The zero-order valence-electron chi connectivity index (χ0n) is 35.4. The second-order valence-corrected chi connectivity index (χ2v) is 16.9. The lowest BCUT2D eigenvalue weighted by Crippen LogP contribution is -2.11. The van der Waals surface area contributed by atoms with E-state index in [9.17, 15) is 0 Å². The number of fused-ring (bicyclic) bond motifs is 8. The number of aromatic nitrogens is 1. The minimum absolute atomic E-state index is 0.878. The zero-order valence-corrected chi connectivity index (χ0v) is 35.4. The third kappa shape index (κ3) is 6.28. The first-order chi connectivity index (χ1) is 32.2. The molecule has 13 aromatic rings. The van der Waals surface area contributed by atoms with Gasteiger partial charge in [0, 0.05) is 44.2 Å². The van der Waals surface area contributed by atoms with E-state index < -0.39 is 0 Å². The van der Waals surface area contributed by atoms with Crippen molar-refractivity contribution >= 4 is 82.4 Å². The van der Waals surface area contributed by atoms with Crippen LogP contribution in [0.25, 0.3) is 104 Å². The van der Waals surface area contributed by atoms with Gasteiger partial charge in [-0.1, -0.05) is 158 Å². The van der Waals surface area contributed by atoms with E-state index in [0.717, 1.165) is 61.3 Å².